The summed E-state index contributed by atoms with van der Waals surface area (Å²) in [5, 5.41) is 10.7. The van der Waals surface area contributed by atoms with Gasteiger partial charge in [0.1, 0.15) is 17.1 Å². The summed E-state index contributed by atoms with van der Waals surface area (Å²) >= 11 is 1.09. The van der Waals surface area contributed by atoms with Crippen LogP contribution in [0.1, 0.15) is 12.8 Å². The second-order valence-corrected chi connectivity index (χ2v) is 6.89. The van der Waals surface area contributed by atoms with E-state index in [4.69, 9.17) is 0 Å². The van der Waals surface area contributed by atoms with Crippen molar-refractivity contribution in [3.05, 3.63) is 42.5 Å². The van der Waals surface area contributed by atoms with Crippen LogP contribution in [0.25, 0.3) is 0 Å². The van der Waals surface area contributed by atoms with Gasteiger partial charge in [0, 0.05) is 31.5 Å². The maximum atomic E-state index is 13.5. The summed E-state index contributed by atoms with van der Waals surface area (Å²) in [6.45, 7) is 3.85. The summed E-state index contributed by atoms with van der Waals surface area (Å²) < 4.78 is 26.4. The second-order valence-electron chi connectivity index (χ2n) is 5.80. The van der Waals surface area contributed by atoms with Crippen LogP contribution in [0.15, 0.2) is 30.9 Å². The number of benzene rings is 1. The van der Waals surface area contributed by atoms with Crippen LogP contribution in [-0.4, -0.2) is 41.6 Å². The number of rotatable bonds is 8. The van der Waals surface area contributed by atoms with Crippen LogP contribution in [0, 0.1) is 11.6 Å². The van der Waals surface area contributed by atoms with Crippen molar-refractivity contribution < 1.29 is 23.2 Å². The molecule has 27 heavy (non-hydrogen) atoms. The molecule has 2 unspecified atom stereocenters. The first kappa shape index (κ1) is 20.8. The molecule has 1 aliphatic heterocycles. The molecule has 10 heteroatoms. The largest absolute Gasteiger partial charge is 0.353 e. The standard InChI is InChI=1S/C17H20F2N4O3S/c1-2-5-20-14(24)7-11-8-15(25)23-17(21-11)27-9-16(26)22-13-4-3-10(18)6-12(13)19/h2-4,6,11,17,21H,1,5,7-9H2,(H,20,24)(H,22,26)(H,23,25). The number of nitrogens with one attached hydrogen (secondary N) is 4. The fourth-order valence-electron chi connectivity index (χ4n) is 2.38. The highest BCUT2D eigenvalue weighted by Gasteiger charge is 2.28. The van der Waals surface area contributed by atoms with E-state index in [0.717, 1.165) is 23.9 Å². The molecule has 3 amide bonds. The van der Waals surface area contributed by atoms with E-state index in [1.165, 1.54) is 0 Å². The number of halogens is 2. The average Bonchev–Trinajstić information content (AvgIpc) is 2.60. The Morgan fingerprint density at radius 2 is 2.11 bits per heavy atom. The predicted octanol–water partition coefficient (Wildman–Crippen LogP) is 1.09. The summed E-state index contributed by atoms with van der Waals surface area (Å²) in [5.41, 5.74) is -0.688. The third-order valence-corrected chi connectivity index (χ3v) is 4.59. The zero-order valence-corrected chi connectivity index (χ0v) is 15.2. The van der Waals surface area contributed by atoms with Gasteiger partial charge in [-0.15, -0.1) is 18.3 Å². The van der Waals surface area contributed by atoms with E-state index >= 15 is 0 Å². The van der Waals surface area contributed by atoms with Gasteiger partial charge in [0.15, 0.2) is 0 Å². The van der Waals surface area contributed by atoms with Gasteiger partial charge in [-0.3, -0.25) is 19.7 Å². The Kier molecular flexibility index (Phi) is 7.74. The highest BCUT2D eigenvalue weighted by molar-refractivity contribution is 8.00. The highest BCUT2D eigenvalue weighted by atomic mass is 32.2. The molecule has 2 atom stereocenters. The number of carbonyl (C=O) groups excluding carboxylic acids is 3. The summed E-state index contributed by atoms with van der Waals surface area (Å²) in [7, 11) is 0. The van der Waals surface area contributed by atoms with Gasteiger partial charge in [0.05, 0.1) is 11.4 Å². The Hall–Kier alpha value is -2.46. The third kappa shape index (κ3) is 6.99. The fraction of sp³-hybridized carbons (Fsp3) is 0.353. The Bertz CT molecular complexity index is 732. The first-order chi connectivity index (χ1) is 12.9. The molecular formula is C17H20F2N4O3S. The quantitative estimate of drug-likeness (QED) is 0.492. The molecule has 2 rings (SSSR count). The van der Waals surface area contributed by atoms with Crippen LogP contribution < -0.4 is 21.3 Å². The zero-order chi connectivity index (χ0) is 19.8. The van der Waals surface area contributed by atoms with Gasteiger partial charge in [-0.05, 0) is 12.1 Å². The summed E-state index contributed by atoms with van der Waals surface area (Å²) in [6.07, 6.45) is 1.82. The fourth-order valence-corrected chi connectivity index (χ4v) is 3.28. The Balaban J connectivity index is 1.81. The van der Waals surface area contributed by atoms with E-state index in [-0.39, 0.29) is 42.1 Å². The van der Waals surface area contributed by atoms with Crippen LogP contribution >= 0.6 is 11.8 Å². The summed E-state index contributed by atoms with van der Waals surface area (Å²) in [6, 6.07) is 2.48. The van der Waals surface area contributed by atoms with Crippen LogP contribution in [0.3, 0.4) is 0 Å². The molecule has 0 bridgehead atoms. The monoisotopic (exact) mass is 398 g/mol. The molecule has 0 spiro atoms. The van der Waals surface area contributed by atoms with Crippen molar-refractivity contribution in [2.75, 3.05) is 17.6 Å². The van der Waals surface area contributed by atoms with Gasteiger partial charge in [-0.25, -0.2) is 8.78 Å². The van der Waals surface area contributed by atoms with E-state index in [0.29, 0.717) is 12.6 Å². The van der Waals surface area contributed by atoms with Crippen molar-refractivity contribution in [2.24, 2.45) is 0 Å². The van der Waals surface area contributed by atoms with Crippen molar-refractivity contribution >= 4 is 35.2 Å². The lowest BCUT2D eigenvalue weighted by molar-refractivity contribution is -0.125. The summed E-state index contributed by atoms with van der Waals surface area (Å²) in [5.74, 6) is -2.65. The third-order valence-electron chi connectivity index (χ3n) is 3.57. The highest BCUT2D eigenvalue weighted by Crippen LogP contribution is 2.17. The smallest absolute Gasteiger partial charge is 0.234 e. The lowest BCUT2D eigenvalue weighted by Crippen LogP contribution is -2.56. The molecule has 1 saturated heterocycles. The molecule has 1 aliphatic rings. The Morgan fingerprint density at radius 3 is 2.81 bits per heavy atom. The number of hydrogen-bond acceptors (Lipinski definition) is 5. The normalized spacial score (nSPS) is 19.1. The molecule has 0 saturated carbocycles. The minimum atomic E-state index is -0.872. The second kappa shape index (κ2) is 10.0. The van der Waals surface area contributed by atoms with Gasteiger partial charge < -0.3 is 16.0 Å². The number of anilines is 1. The molecule has 1 heterocycles. The van der Waals surface area contributed by atoms with Crippen LogP contribution in [0.2, 0.25) is 0 Å². The number of carbonyl (C=O) groups is 3. The SMILES string of the molecule is C=CCNC(=O)CC1CC(=O)NC(SCC(=O)Nc2ccc(F)cc2F)N1. The number of amides is 3. The first-order valence-corrected chi connectivity index (χ1v) is 9.21. The molecule has 0 aliphatic carbocycles. The van der Waals surface area contributed by atoms with Crippen molar-refractivity contribution in [2.45, 2.75) is 24.4 Å². The molecule has 1 aromatic carbocycles. The average molecular weight is 398 g/mol. The van der Waals surface area contributed by atoms with E-state index in [1.54, 1.807) is 6.08 Å². The molecule has 146 valence electrons. The molecule has 1 fully saturated rings. The van der Waals surface area contributed by atoms with E-state index in [1.807, 2.05) is 0 Å². The maximum absolute atomic E-state index is 13.5. The van der Waals surface area contributed by atoms with E-state index in [2.05, 4.69) is 27.8 Å². The molecule has 7 nitrogen and oxygen atoms in total. The summed E-state index contributed by atoms with van der Waals surface area (Å²) in [4.78, 5) is 35.5. The Morgan fingerprint density at radius 1 is 1.33 bits per heavy atom. The lowest BCUT2D eigenvalue weighted by atomic mass is 10.1. The van der Waals surface area contributed by atoms with Crippen LogP contribution in [0.4, 0.5) is 14.5 Å². The van der Waals surface area contributed by atoms with Crippen molar-refractivity contribution in [1.82, 2.24) is 16.0 Å². The number of hydrogen-bond donors (Lipinski definition) is 4. The molecule has 0 aromatic heterocycles. The molecule has 4 N–H and O–H groups in total. The van der Waals surface area contributed by atoms with Gasteiger partial charge >= 0.3 is 0 Å². The minimum Gasteiger partial charge on any atom is -0.353 e. The first-order valence-electron chi connectivity index (χ1n) is 8.17. The Labute approximate surface area is 159 Å². The van der Waals surface area contributed by atoms with Gasteiger partial charge in [0.2, 0.25) is 17.7 Å². The minimum absolute atomic E-state index is 0.0792. The zero-order valence-electron chi connectivity index (χ0n) is 14.4. The number of thioether (sulfide) groups is 1. The predicted molar refractivity (Wildman–Crippen MR) is 98.7 cm³/mol. The lowest BCUT2D eigenvalue weighted by Gasteiger charge is -2.30. The maximum Gasteiger partial charge on any atom is 0.234 e. The van der Waals surface area contributed by atoms with Gasteiger partial charge in [-0.1, -0.05) is 6.08 Å². The van der Waals surface area contributed by atoms with Gasteiger partial charge in [-0.2, -0.15) is 0 Å². The topological polar surface area (TPSA) is 99.3 Å². The van der Waals surface area contributed by atoms with Crippen LogP contribution in [-0.2, 0) is 14.4 Å². The van der Waals surface area contributed by atoms with Crippen molar-refractivity contribution in [1.29, 1.82) is 0 Å². The van der Waals surface area contributed by atoms with Crippen molar-refractivity contribution in [3.63, 3.8) is 0 Å². The van der Waals surface area contributed by atoms with Crippen LogP contribution in [0.5, 0.6) is 0 Å². The van der Waals surface area contributed by atoms with Gasteiger partial charge in [0.25, 0.3) is 0 Å². The van der Waals surface area contributed by atoms with Crippen molar-refractivity contribution in [3.8, 4) is 0 Å². The molecule has 0 radical (unpaired) electrons. The van der Waals surface area contributed by atoms with E-state index < -0.39 is 23.0 Å². The molecular weight excluding hydrogens is 378 g/mol. The van der Waals surface area contributed by atoms with E-state index in [9.17, 15) is 23.2 Å². The molecule has 1 aromatic rings.